The van der Waals surface area contributed by atoms with E-state index in [0.29, 0.717) is 17.1 Å². The molecule has 3 N–H and O–H groups in total. The highest BCUT2D eigenvalue weighted by molar-refractivity contribution is 6.34. The third-order valence-electron chi connectivity index (χ3n) is 4.14. The van der Waals surface area contributed by atoms with Crippen LogP contribution in [0.15, 0.2) is 72.8 Å². The molecule has 0 spiro atoms. The number of anilines is 3. The van der Waals surface area contributed by atoms with Crippen molar-refractivity contribution < 1.29 is 31.9 Å². The van der Waals surface area contributed by atoms with Crippen molar-refractivity contribution in [1.82, 2.24) is 5.32 Å². The van der Waals surface area contributed by atoms with Gasteiger partial charge >= 0.3 is 18.6 Å². The molecule has 0 aromatic heterocycles. The molecule has 0 fully saturated rings. The molecule has 0 bridgehead atoms. The number of rotatable bonds is 7. The normalized spacial score (nSPS) is 11.1. The predicted octanol–water partition coefficient (Wildman–Crippen LogP) is 6.28. The molecule has 0 heterocycles. The summed E-state index contributed by atoms with van der Waals surface area (Å²) in [6, 6.07) is 16.8. The molecule has 3 amide bonds. The Morgan fingerprint density at radius 3 is 1.97 bits per heavy atom. The van der Waals surface area contributed by atoms with Crippen LogP contribution in [0.1, 0.15) is 10.4 Å². The van der Waals surface area contributed by atoms with E-state index in [-0.39, 0.29) is 10.6 Å². The van der Waals surface area contributed by atoms with Gasteiger partial charge in [0.25, 0.3) is 5.91 Å². The van der Waals surface area contributed by atoms with Gasteiger partial charge in [-0.1, -0.05) is 23.7 Å². The molecule has 3 aromatic carbocycles. The number of carbonyl (C=O) groups excluding carboxylic acids is 2. The maximum atomic E-state index is 12.9. The monoisotopic (exact) mass is 481 g/mol. The number of ether oxygens (including phenoxy) is 1. The highest BCUT2D eigenvalue weighted by Crippen LogP contribution is 2.29. The zero-order valence-electron chi connectivity index (χ0n) is 16.6. The van der Waals surface area contributed by atoms with Crippen LogP contribution >= 0.6 is 11.6 Å². The fourth-order valence-electron chi connectivity index (χ4n) is 2.59. The molecule has 0 aliphatic carbocycles. The first-order valence-electron chi connectivity index (χ1n) is 9.33. The predicted molar refractivity (Wildman–Crippen MR) is 116 cm³/mol. The SMILES string of the molecule is O=C(NC(=O)c1ccccc1Cl)Nc1ccc(Nc2ccc(OC(F)(F)C(F)F)cc2)cc1. The summed E-state index contributed by atoms with van der Waals surface area (Å²) in [6.45, 7) is 0. The topological polar surface area (TPSA) is 79.5 Å². The van der Waals surface area contributed by atoms with Gasteiger partial charge in [-0.25, -0.2) is 4.79 Å². The minimum absolute atomic E-state index is 0.156. The Labute approximate surface area is 190 Å². The van der Waals surface area contributed by atoms with Crippen LogP contribution in [0.4, 0.5) is 39.4 Å². The van der Waals surface area contributed by atoms with Crippen LogP contribution in [0, 0.1) is 0 Å². The van der Waals surface area contributed by atoms with Crippen LogP contribution in [0.2, 0.25) is 5.02 Å². The van der Waals surface area contributed by atoms with Crippen molar-refractivity contribution in [3.05, 3.63) is 83.4 Å². The number of alkyl halides is 4. The van der Waals surface area contributed by atoms with Gasteiger partial charge in [0.05, 0.1) is 10.6 Å². The zero-order chi connectivity index (χ0) is 24.0. The Kier molecular flexibility index (Phi) is 7.39. The highest BCUT2D eigenvalue weighted by atomic mass is 35.5. The quantitative estimate of drug-likeness (QED) is 0.347. The molecule has 0 unspecified atom stereocenters. The van der Waals surface area contributed by atoms with Crippen molar-refractivity contribution in [3.8, 4) is 5.75 Å². The Bertz CT molecular complexity index is 1130. The minimum atomic E-state index is -4.58. The lowest BCUT2D eigenvalue weighted by atomic mass is 10.2. The fourth-order valence-corrected chi connectivity index (χ4v) is 2.81. The summed E-state index contributed by atoms with van der Waals surface area (Å²) in [5, 5.41) is 7.85. The summed E-state index contributed by atoms with van der Waals surface area (Å²) in [4.78, 5) is 24.1. The summed E-state index contributed by atoms with van der Waals surface area (Å²) in [6.07, 6.45) is -8.53. The van der Waals surface area contributed by atoms with Crippen LogP contribution in [-0.4, -0.2) is 24.5 Å². The Hall–Kier alpha value is -3.79. The first-order chi connectivity index (χ1) is 15.6. The average Bonchev–Trinajstić information content (AvgIpc) is 2.76. The van der Waals surface area contributed by atoms with E-state index < -0.39 is 30.2 Å². The van der Waals surface area contributed by atoms with Crippen LogP contribution in [0.25, 0.3) is 0 Å². The number of amides is 3. The van der Waals surface area contributed by atoms with E-state index in [4.69, 9.17) is 11.6 Å². The molecule has 0 saturated heterocycles. The summed E-state index contributed by atoms with van der Waals surface area (Å²) in [5.74, 6) is -1.07. The van der Waals surface area contributed by atoms with Crippen molar-refractivity contribution in [2.45, 2.75) is 12.5 Å². The van der Waals surface area contributed by atoms with E-state index in [1.54, 1.807) is 36.4 Å². The second kappa shape index (κ2) is 10.2. The van der Waals surface area contributed by atoms with Gasteiger partial charge in [0.2, 0.25) is 0 Å². The Balaban J connectivity index is 1.54. The van der Waals surface area contributed by atoms with Gasteiger partial charge in [0.15, 0.2) is 0 Å². The lowest BCUT2D eigenvalue weighted by Crippen LogP contribution is -2.34. The molecule has 0 saturated carbocycles. The molecule has 0 radical (unpaired) electrons. The maximum absolute atomic E-state index is 12.9. The summed E-state index contributed by atoms with van der Waals surface area (Å²) in [5.41, 5.74) is 1.61. The van der Waals surface area contributed by atoms with E-state index in [1.165, 1.54) is 24.3 Å². The van der Waals surface area contributed by atoms with E-state index in [2.05, 4.69) is 20.7 Å². The average molecular weight is 482 g/mol. The van der Waals surface area contributed by atoms with E-state index in [9.17, 15) is 27.2 Å². The summed E-state index contributed by atoms with van der Waals surface area (Å²) >= 11 is 5.93. The van der Waals surface area contributed by atoms with Crippen molar-refractivity contribution in [3.63, 3.8) is 0 Å². The smallest absolute Gasteiger partial charge is 0.428 e. The molecule has 6 nitrogen and oxygen atoms in total. The number of urea groups is 1. The number of hydrogen-bond acceptors (Lipinski definition) is 4. The summed E-state index contributed by atoms with van der Waals surface area (Å²) in [7, 11) is 0. The number of benzene rings is 3. The standard InChI is InChI=1S/C22H16ClF4N3O3/c23-18-4-2-1-3-17(18)19(31)30-21(32)29-15-7-5-13(6-8-15)28-14-9-11-16(12-10-14)33-22(26,27)20(24)25/h1-12,20,28H,(H2,29,30,31,32). The second-order valence-corrected chi connectivity index (χ2v) is 6.99. The van der Waals surface area contributed by atoms with E-state index in [0.717, 1.165) is 12.1 Å². The third-order valence-corrected chi connectivity index (χ3v) is 4.47. The van der Waals surface area contributed by atoms with Crippen LogP contribution in [0.3, 0.4) is 0 Å². The van der Waals surface area contributed by atoms with Crippen molar-refractivity contribution in [2.24, 2.45) is 0 Å². The third kappa shape index (κ3) is 6.59. The van der Waals surface area contributed by atoms with E-state index in [1.807, 2.05) is 0 Å². The zero-order valence-corrected chi connectivity index (χ0v) is 17.4. The molecule has 33 heavy (non-hydrogen) atoms. The fraction of sp³-hybridized carbons (Fsp3) is 0.0909. The molecule has 3 rings (SSSR count). The van der Waals surface area contributed by atoms with Gasteiger partial charge in [-0.15, -0.1) is 0 Å². The van der Waals surface area contributed by atoms with Gasteiger partial charge in [-0.05, 0) is 60.7 Å². The van der Waals surface area contributed by atoms with E-state index >= 15 is 0 Å². The first kappa shape index (κ1) is 23.9. The number of nitrogens with one attached hydrogen (secondary N) is 3. The van der Waals surface area contributed by atoms with Gasteiger partial charge in [0.1, 0.15) is 5.75 Å². The first-order valence-corrected chi connectivity index (χ1v) is 9.71. The number of imide groups is 1. The summed E-state index contributed by atoms with van der Waals surface area (Å²) < 4.78 is 54.3. The van der Waals surface area contributed by atoms with Crippen LogP contribution in [-0.2, 0) is 0 Å². The van der Waals surface area contributed by atoms with Gasteiger partial charge in [-0.3, -0.25) is 10.1 Å². The molecular weight excluding hydrogens is 466 g/mol. The Morgan fingerprint density at radius 1 is 0.848 bits per heavy atom. The van der Waals surface area contributed by atoms with Crippen LogP contribution in [0.5, 0.6) is 5.75 Å². The second-order valence-electron chi connectivity index (χ2n) is 6.58. The van der Waals surface area contributed by atoms with Gasteiger partial charge in [0, 0.05) is 17.1 Å². The highest BCUT2D eigenvalue weighted by Gasteiger charge is 2.43. The lowest BCUT2D eigenvalue weighted by Gasteiger charge is -2.17. The lowest BCUT2D eigenvalue weighted by molar-refractivity contribution is -0.253. The molecule has 11 heteroatoms. The Morgan fingerprint density at radius 2 is 1.39 bits per heavy atom. The van der Waals surface area contributed by atoms with Crippen molar-refractivity contribution in [1.29, 1.82) is 0 Å². The maximum Gasteiger partial charge on any atom is 0.461 e. The van der Waals surface area contributed by atoms with Gasteiger partial charge < -0.3 is 15.4 Å². The molecule has 3 aromatic rings. The van der Waals surface area contributed by atoms with Crippen molar-refractivity contribution >= 4 is 40.6 Å². The molecule has 0 aliphatic heterocycles. The minimum Gasteiger partial charge on any atom is -0.428 e. The van der Waals surface area contributed by atoms with Crippen LogP contribution < -0.4 is 20.7 Å². The largest absolute Gasteiger partial charge is 0.461 e. The molecule has 0 atom stereocenters. The molecular formula is C22H16ClF4N3O3. The molecule has 172 valence electrons. The number of hydrogen-bond donors (Lipinski definition) is 3. The number of halogens is 5. The molecule has 0 aliphatic rings. The van der Waals surface area contributed by atoms with Crippen molar-refractivity contribution in [2.75, 3.05) is 10.6 Å². The number of carbonyl (C=O) groups is 2. The van der Waals surface area contributed by atoms with Gasteiger partial charge in [-0.2, -0.15) is 17.6 Å².